The van der Waals surface area contributed by atoms with Gasteiger partial charge in [0.05, 0.1) is 19.3 Å². The van der Waals surface area contributed by atoms with Crippen LogP contribution < -0.4 is 11.5 Å². The van der Waals surface area contributed by atoms with E-state index in [2.05, 4.69) is 10.1 Å². The normalized spacial score (nSPS) is 20.2. The summed E-state index contributed by atoms with van der Waals surface area (Å²) < 4.78 is 24.0. The van der Waals surface area contributed by atoms with Crippen molar-refractivity contribution >= 4 is 21.8 Å². The Kier molecular flexibility index (Phi) is 4.91. The van der Waals surface area contributed by atoms with Crippen molar-refractivity contribution in [1.82, 2.24) is 9.31 Å². The fourth-order valence-electron chi connectivity index (χ4n) is 1.50. The summed E-state index contributed by atoms with van der Waals surface area (Å²) in [6.45, 7) is 3.67. The first-order valence-electron chi connectivity index (χ1n) is 5.70. The standard InChI is InChI=1S/C9H20N6O2S/c1-3-8(10)12-9(11)13-14-4-6-15(7-5-14)18(2,16)17/h3-7H2,1-2H3,(H4,10,11,12,13). The fraction of sp³-hybridized carbons (Fsp3) is 0.778. The largest absolute Gasteiger partial charge is 0.387 e. The molecule has 0 atom stereocenters. The van der Waals surface area contributed by atoms with Gasteiger partial charge in [0.1, 0.15) is 5.84 Å². The second-order valence-corrected chi connectivity index (χ2v) is 6.01. The van der Waals surface area contributed by atoms with Crippen molar-refractivity contribution in [3.05, 3.63) is 0 Å². The number of sulfonamides is 1. The molecule has 1 rings (SSSR count). The van der Waals surface area contributed by atoms with Gasteiger partial charge in [-0.15, -0.1) is 5.10 Å². The molecule has 0 bridgehead atoms. The lowest BCUT2D eigenvalue weighted by molar-refractivity contribution is 0.195. The maximum atomic E-state index is 11.3. The molecule has 0 saturated carbocycles. The topological polar surface area (TPSA) is 117 Å². The summed E-state index contributed by atoms with van der Waals surface area (Å²) in [5.74, 6) is 0.521. The molecule has 18 heavy (non-hydrogen) atoms. The van der Waals surface area contributed by atoms with Crippen LogP contribution in [0.15, 0.2) is 10.1 Å². The van der Waals surface area contributed by atoms with E-state index in [0.717, 1.165) is 0 Å². The van der Waals surface area contributed by atoms with Crippen molar-refractivity contribution < 1.29 is 8.42 Å². The minimum Gasteiger partial charge on any atom is -0.387 e. The highest BCUT2D eigenvalue weighted by Crippen LogP contribution is 2.06. The Labute approximate surface area is 107 Å². The van der Waals surface area contributed by atoms with Gasteiger partial charge in [0, 0.05) is 19.5 Å². The molecule has 0 aromatic rings. The molecule has 8 nitrogen and oxygen atoms in total. The molecule has 0 unspecified atom stereocenters. The monoisotopic (exact) mass is 276 g/mol. The Balaban J connectivity index is 2.56. The highest BCUT2D eigenvalue weighted by molar-refractivity contribution is 7.88. The Hall–Kier alpha value is -1.35. The zero-order valence-electron chi connectivity index (χ0n) is 10.7. The molecule has 9 heteroatoms. The number of guanidine groups is 1. The number of hydrazone groups is 1. The van der Waals surface area contributed by atoms with Crippen molar-refractivity contribution in [2.75, 3.05) is 32.4 Å². The van der Waals surface area contributed by atoms with Crippen LogP contribution >= 0.6 is 0 Å². The average Bonchev–Trinajstić information content (AvgIpc) is 2.28. The van der Waals surface area contributed by atoms with Gasteiger partial charge in [-0.1, -0.05) is 6.92 Å². The highest BCUT2D eigenvalue weighted by atomic mass is 32.2. The molecule has 0 aliphatic carbocycles. The van der Waals surface area contributed by atoms with Gasteiger partial charge in [-0.2, -0.15) is 9.30 Å². The Morgan fingerprint density at radius 3 is 2.22 bits per heavy atom. The number of aliphatic imine (C=N–C) groups is 1. The minimum absolute atomic E-state index is 0.0992. The molecule has 1 fully saturated rings. The lowest BCUT2D eigenvalue weighted by Crippen LogP contribution is -2.46. The predicted octanol–water partition coefficient (Wildman–Crippen LogP) is -1.44. The van der Waals surface area contributed by atoms with Gasteiger partial charge in [0.2, 0.25) is 16.0 Å². The van der Waals surface area contributed by atoms with Gasteiger partial charge in [0.15, 0.2) is 0 Å². The Morgan fingerprint density at radius 1 is 1.22 bits per heavy atom. The maximum Gasteiger partial charge on any atom is 0.239 e. The van der Waals surface area contributed by atoms with E-state index in [-0.39, 0.29) is 5.96 Å². The Morgan fingerprint density at radius 2 is 1.78 bits per heavy atom. The molecule has 1 heterocycles. The molecule has 1 saturated heterocycles. The molecule has 1 aliphatic heterocycles. The summed E-state index contributed by atoms with van der Waals surface area (Å²) in [5.41, 5.74) is 11.2. The van der Waals surface area contributed by atoms with E-state index < -0.39 is 10.0 Å². The number of rotatable bonds is 3. The van der Waals surface area contributed by atoms with Crippen LogP contribution in [0.3, 0.4) is 0 Å². The zero-order valence-corrected chi connectivity index (χ0v) is 11.5. The number of piperazine rings is 1. The first kappa shape index (κ1) is 14.7. The smallest absolute Gasteiger partial charge is 0.239 e. The molecule has 0 amide bonds. The molecule has 0 aromatic heterocycles. The van der Waals surface area contributed by atoms with Crippen molar-refractivity contribution in [2.24, 2.45) is 21.6 Å². The predicted molar refractivity (Wildman–Crippen MR) is 71.5 cm³/mol. The van der Waals surface area contributed by atoms with E-state index in [1.807, 2.05) is 6.92 Å². The van der Waals surface area contributed by atoms with Gasteiger partial charge < -0.3 is 11.5 Å². The average molecular weight is 276 g/mol. The van der Waals surface area contributed by atoms with Crippen LogP contribution in [0.2, 0.25) is 0 Å². The first-order chi connectivity index (χ1) is 8.32. The second kappa shape index (κ2) is 6.01. The van der Waals surface area contributed by atoms with Crippen LogP contribution in [0.5, 0.6) is 0 Å². The van der Waals surface area contributed by atoms with E-state index in [9.17, 15) is 8.42 Å². The number of hydrogen-bond acceptors (Lipinski definition) is 4. The molecular weight excluding hydrogens is 256 g/mol. The summed E-state index contributed by atoms with van der Waals surface area (Å²) in [7, 11) is -3.12. The summed E-state index contributed by atoms with van der Waals surface area (Å²) in [5, 5.41) is 5.78. The van der Waals surface area contributed by atoms with Crippen LogP contribution in [-0.2, 0) is 10.0 Å². The van der Waals surface area contributed by atoms with Crippen molar-refractivity contribution in [3.63, 3.8) is 0 Å². The van der Waals surface area contributed by atoms with Crippen LogP contribution in [-0.4, -0.2) is 62.0 Å². The van der Waals surface area contributed by atoms with Crippen LogP contribution in [0.4, 0.5) is 0 Å². The van der Waals surface area contributed by atoms with Gasteiger partial charge in [-0.3, -0.25) is 5.01 Å². The molecule has 0 aromatic carbocycles. The third-order valence-corrected chi connectivity index (χ3v) is 3.85. The van der Waals surface area contributed by atoms with Gasteiger partial charge in [-0.25, -0.2) is 8.42 Å². The summed E-state index contributed by atoms with van der Waals surface area (Å²) >= 11 is 0. The van der Waals surface area contributed by atoms with Crippen LogP contribution in [0, 0.1) is 0 Å². The lowest BCUT2D eigenvalue weighted by atomic mass is 10.4. The SMILES string of the molecule is CCC(N)=N/C(N)=N\N1CCN(S(C)(=O)=O)CC1. The van der Waals surface area contributed by atoms with Crippen molar-refractivity contribution in [3.8, 4) is 0 Å². The van der Waals surface area contributed by atoms with Gasteiger partial charge >= 0.3 is 0 Å². The summed E-state index contributed by atoms with van der Waals surface area (Å²) in [6.07, 6.45) is 1.81. The summed E-state index contributed by atoms with van der Waals surface area (Å²) in [4.78, 5) is 3.91. The highest BCUT2D eigenvalue weighted by Gasteiger charge is 2.22. The molecule has 0 spiro atoms. The lowest BCUT2D eigenvalue weighted by Gasteiger charge is -2.31. The quantitative estimate of drug-likeness (QED) is 0.483. The van der Waals surface area contributed by atoms with E-state index in [0.29, 0.717) is 38.4 Å². The number of hydrogen-bond donors (Lipinski definition) is 2. The van der Waals surface area contributed by atoms with E-state index in [1.54, 1.807) is 5.01 Å². The molecule has 4 N–H and O–H groups in total. The minimum atomic E-state index is -3.12. The zero-order chi connectivity index (χ0) is 13.8. The van der Waals surface area contributed by atoms with E-state index in [4.69, 9.17) is 11.5 Å². The number of nitrogens with two attached hydrogens (primary N) is 2. The number of amidine groups is 1. The third-order valence-electron chi connectivity index (χ3n) is 2.55. The molecule has 0 radical (unpaired) electrons. The number of nitrogens with zero attached hydrogens (tertiary/aromatic N) is 4. The molecule has 104 valence electrons. The fourth-order valence-corrected chi connectivity index (χ4v) is 2.33. The van der Waals surface area contributed by atoms with Crippen molar-refractivity contribution in [2.45, 2.75) is 13.3 Å². The van der Waals surface area contributed by atoms with Crippen molar-refractivity contribution in [1.29, 1.82) is 0 Å². The molecular formula is C9H20N6O2S. The third kappa shape index (κ3) is 4.49. The first-order valence-corrected chi connectivity index (χ1v) is 7.55. The van der Waals surface area contributed by atoms with Crippen LogP contribution in [0.25, 0.3) is 0 Å². The molecule has 1 aliphatic rings. The second-order valence-electron chi connectivity index (χ2n) is 4.03. The summed E-state index contributed by atoms with van der Waals surface area (Å²) in [6, 6.07) is 0. The van der Waals surface area contributed by atoms with Gasteiger partial charge in [0.25, 0.3) is 0 Å². The van der Waals surface area contributed by atoms with E-state index in [1.165, 1.54) is 10.6 Å². The van der Waals surface area contributed by atoms with E-state index >= 15 is 0 Å². The maximum absolute atomic E-state index is 11.3. The Bertz CT molecular complexity index is 436. The van der Waals surface area contributed by atoms with Gasteiger partial charge in [-0.05, 0) is 0 Å². The van der Waals surface area contributed by atoms with Crippen LogP contribution in [0.1, 0.15) is 13.3 Å².